The molecule has 13 aromatic carbocycles. The summed E-state index contributed by atoms with van der Waals surface area (Å²) in [6.07, 6.45) is 0. The molecule has 19 rings (SSSR count). The predicted molar refractivity (Wildman–Crippen MR) is 550 cm³/mol. The van der Waals surface area contributed by atoms with Crippen LogP contribution in [0.4, 0.5) is 102 Å². The van der Waals surface area contributed by atoms with Gasteiger partial charge in [0.15, 0.2) is 16.1 Å². The monoisotopic (exact) mass is 1690 g/mol. The van der Waals surface area contributed by atoms with Crippen LogP contribution < -0.4 is 70.9 Å². The lowest BCUT2D eigenvalue weighted by atomic mass is 9.84. The maximum Gasteiger partial charge on any atom is 0.194 e. The summed E-state index contributed by atoms with van der Waals surface area (Å²) in [7, 11) is -8.17. The van der Waals surface area contributed by atoms with Crippen LogP contribution in [-0.4, -0.2) is 16.1 Å². The van der Waals surface area contributed by atoms with Gasteiger partial charge < -0.3 is 29.4 Å². The third kappa shape index (κ3) is 12.8. The minimum atomic E-state index is -4.09. The average Bonchev–Trinajstić information content (AvgIpc) is 0.624. The van der Waals surface area contributed by atoms with Crippen LogP contribution in [0.25, 0.3) is 0 Å². The van der Waals surface area contributed by atoms with Crippen molar-refractivity contribution in [3.05, 3.63) is 310 Å². The minimum Gasteiger partial charge on any atom is -0.310 e. The van der Waals surface area contributed by atoms with Crippen LogP contribution in [0.5, 0.6) is 0 Å². The van der Waals surface area contributed by atoms with Gasteiger partial charge in [0, 0.05) is 111 Å². The van der Waals surface area contributed by atoms with E-state index < -0.39 is 16.1 Å². The van der Waals surface area contributed by atoms with Gasteiger partial charge in [-0.05, 0) is 241 Å². The molecule has 0 saturated heterocycles. The summed E-state index contributed by atoms with van der Waals surface area (Å²) in [5.41, 5.74) is 32.3. The molecule has 0 saturated carbocycles. The van der Waals surface area contributed by atoms with Crippen molar-refractivity contribution in [2.24, 2.45) is 0 Å². The number of nitrogens with zero attached hydrogens (tertiary/aromatic N) is 6. The highest BCUT2D eigenvalue weighted by atomic mass is 28.3. The third-order valence-corrected chi connectivity index (χ3v) is 38.6. The predicted octanol–water partition coefficient (Wildman–Crippen LogP) is 28.1. The zero-order valence-corrected chi connectivity index (χ0v) is 82.9. The largest absolute Gasteiger partial charge is 0.310 e. The van der Waals surface area contributed by atoms with Gasteiger partial charge in [-0.2, -0.15) is 0 Å². The Bertz CT molecular complexity index is 5860. The number of rotatable bonds is 8. The Morgan fingerprint density at radius 2 is 0.294 bits per heavy atom. The highest BCUT2D eigenvalue weighted by Crippen LogP contribution is 2.65. The normalized spacial score (nSPS) is 15.6. The summed E-state index contributed by atoms with van der Waals surface area (Å²) < 4.78 is 0. The van der Waals surface area contributed by atoms with Crippen molar-refractivity contribution < 1.29 is 0 Å². The number of benzene rings is 13. The maximum atomic E-state index is 2.90. The summed E-state index contributed by atoms with van der Waals surface area (Å²) >= 11 is 0. The first-order valence-electron chi connectivity index (χ1n) is 46.4. The minimum absolute atomic E-state index is 0.0901. The molecule has 6 aliphatic rings. The van der Waals surface area contributed by atoms with E-state index in [0.29, 0.717) is 0 Å². The second-order valence-electron chi connectivity index (χ2n) is 47.7. The van der Waals surface area contributed by atoms with Crippen molar-refractivity contribution in [3.63, 3.8) is 0 Å². The van der Waals surface area contributed by atoms with Gasteiger partial charge in [0.05, 0.1) is 22.7 Å². The Hall–Kier alpha value is -10.9. The SMILES string of the molecule is CC(C)(C)c1ccc(N2c3cc(C(C)(C)C)cc4c3[Si]3(c5ccccc5)c5c2cc(C(C)(C)C)cc5N(c2ccc(C(C)(C)C)cc2)c2c5c6c(c(c23)N4c2ccc(C(C)(C)C)cc2)N(c2ccc(C(C)(C)C)cc2)c2cc(C(C)(C)C)cc3c2[Si]6(c2ccccc2)c2c(cc(C(C)(C)C)cc2N5c2ccc(C(C)(C)C)cc2)N3c2ccc(C(C)(C)C)cc2)cc1. The molecular formula is C118H132N6Si2. The molecule has 0 aromatic heterocycles. The van der Waals surface area contributed by atoms with E-state index in [1.165, 1.54) is 165 Å². The van der Waals surface area contributed by atoms with E-state index in [4.69, 9.17) is 0 Å². The molecule has 642 valence electrons. The molecule has 0 radical (unpaired) electrons. The van der Waals surface area contributed by atoms with Crippen molar-refractivity contribution in [2.75, 3.05) is 29.4 Å². The van der Waals surface area contributed by atoms with E-state index in [1.807, 2.05) is 0 Å². The van der Waals surface area contributed by atoms with Gasteiger partial charge in [-0.15, -0.1) is 0 Å². The topological polar surface area (TPSA) is 19.4 Å². The Balaban J connectivity index is 1.18. The van der Waals surface area contributed by atoms with Gasteiger partial charge in [-0.1, -0.05) is 341 Å². The Labute approximate surface area is 756 Å². The summed E-state index contributed by atoms with van der Waals surface area (Å²) in [5.74, 6) is 0. The van der Waals surface area contributed by atoms with Crippen LogP contribution in [0.1, 0.15) is 263 Å². The van der Waals surface area contributed by atoms with E-state index in [9.17, 15) is 0 Å². The van der Waals surface area contributed by atoms with Gasteiger partial charge in [0.2, 0.25) is 0 Å². The average molecular weight is 1690 g/mol. The zero-order valence-electron chi connectivity index (χ0n) is 80.9. The van der Waals surface area contributed by atoms with Gasteiger partial charge in [-0.3, -0.25) is 0 Å². The molecule has 6 heterocycles. The lowest BCUT2D eigenvalue weighted by molar-refractivity contribution is 0.589. The molecule has 0 unspecified atom stereocenters. The molecule has 0 spiro atoms. The highest BCUT2D eigenvalue weighted by molar-refractivity contribution is 7.27. The number of hydrogen-bond acceptors (Lipinski definition) is 6. The standard InChI is InChI=1S/C118H132N6Si2/c1-109(2,3)73-41-53-83(54-42-73)119-91-65-79(115(19,20)21)69-95-103(91)125(89-37-33-31-34-38-89)104-92(119)66-80(116(22,23)24)70-96(104)122(86-59-47-76(48-60-86)112(10,11)12)100-102-108-101(99(107(100)125)121(95)85-57-45-75(46-58-85)111(7,8)9)123(87-61-49-77(50-62-87)113(13,14)15)97-71-81(117(25,26)27)67-93-105(97)126(108,90-39-35-32-36-40-90)106-94(120(93)84-55-43-74(44-56-84)110(4,5)6)68-82(118(28,29)30)72-98(106)124(102)88-63-51-78(52-64-88)114(16,17)18/h31-72H,1-30H3. The fraction of sp³-hybridized carbons (Fsp3) is 0.339. The Morgan fingerprint density at radius 1 is 0.151 bits per heavy atom. The zero-order chi connectivity index (χ0) is 89.9. The number of fused-ring (bicyclic) bond motifs is 2. The van der Waals surface area contributed by atoms with Crippen LogP contribution in [0.2, 0.25) is 0 Å². The van der Waals surface area contributed by atoms with E-state index in [2.05, 4.69) is 492 Å². The van der Waals surface area contributed by atoms with Crippen molar-refractivity contribution in [1.29, 1.82) is 0 Å². The van der Waals surface area contributed by atoms with E-state index in [0.717, 1.165) is 34.1 Å². The third-order valence-electron chi connectivity index (χ3n) is 28.7. The Morgan fingerprint density at radius 3 is 0.444 bits per heavy atom. The molecule has 13 aromatic rings. The van der Waals surface area contributed by atoms with Crippen LogP contribution in [0, 0.1) is 0 Å². The number of anilines is 18. The fourth-order valence-electron chi connectivity index (χ4n) is 21.4. The van der Waals surface area contributed by atoms with Crippen LogP contribution in [0.3, 0.4) is 0 Å². The molecule has 0 aliphatic carbocycles. The van der Waals surface area contributed by atoms with Gasteiger partial charge in [0.25, 0.3) is 0 Å². The summed E-state index contributed by atoms with van der Waals surface area (Å²) in [5, 5.41) is 11.1. The molecule has 6 aliphatic heterocycles. The molecular weight excluding hydrogens is 1560 g/mol. The first kappa shape index (κ1) is 84.6. The van der Waals surface area contributed by atoms with Crippen molar-refractivity contribution >= 4 is 160 Å². The fourth-order valence-corrected chi connectivity index (χ4v) is 32.9. The lowest BCUT2D eigenvalue weighted by Crippen LogP contribution is -2.84. The molecule has 8 heteroatoms. The smallest absolute Gasteiger partial charge is 0.194 e. The summed E-state index contributed by atoms with van der Waals surface area (Å²) in [4.78, 5) is 17.2. The molecule has 0 amide bonds. The Kier molecular flexibility index (Phi) is 18.7. The molecule has 0 N–H and O–H groups in total. The van der Waals surface area contributed by atoms with Gasteiger partial charge in [-0.25, -0.2) is 0 Å². The second-order valence-corrected chi connectivity index (χ2v) is 54.9. The molecule has 0 fully saturated rings. The van der Waals surface area contributed by atoms with Gasteiger partial charge >= 0.3 is 0 Å². The van der Waals surface area contributed by atoms with E-state index >= 15 is 0 Å². The van der Waals surface area contributed by atoms with Crippen LogP contribution >= 0.6 is 0 Å². The molecule has 6 nitrogen and oxygen atoms in total. The molecule has 0 bridgehead atoms. The van der Waals surface area contributed by atoms with Crippen LogP contribution in [-0.2, 0) is 54.1 Å². The van der Waals surface area contributed by atoms with Crippen LogP contribution in [0.15, 0.2) is 255 Å². The molecule has 0 atom stereocenters. The second kappa shape index (κ2) is 27.8. The summed E-state index contributed by atoms with van der Waals surface area (Å²) in [6, 6.07) is 105. The van der Waals surface area contributed by atoms with Gasteiger partial charge in [0.1, 0.15) is 0 Å². The van der Waals surface area contributed by atoms with E-state index in [-0.39, 0.29) is 54.1 Å². The first-order valence-corrected chi connectivity index (χ1v) is 50.4. The number of hydrogen-bond donors (Lipinski definition) is 0. The van der Waals surface area contributed by atoms with E-state index in [1.54, 1.807) is 0 Å². The van der Waals surface area contributed by atoms with Crippen molar-refractivity contribution in [1.82, 2.24) is 0 Å². The lowest BCUT2D eigenvalue weighted by Gasteiger charge is -2.61. The molecule has 126 heavy (non-hydrogen) atoms. The maximum absolute atomic E-state index is 4.09. The quantitative estimate of drug-likeness (QED) is 0.140. The highest BCUT2D eigenvalue weighted by Gasteiger charge is 2.68. The van der Waals surface area contributed by atoms with Crippen molar-refractivity contribution in [2.45, 2.75) is 262 Å². The summed E-state index contributed by atoms with van der Waals surface area (Å²) in [6.45, 7) is 72.1. The van der Waals surface area contributed by atoms with Crippen molar-refractivity contribution in [3.8, 4) is 0 Å². The first-order chi connectivity index (χ1) is 58.8.